The van der Waals surface area contributed by atoms with Gasteiger partial charge in [0, 0.05) is 34.1 Å². The molecule has 0 bridgehead atoms. The van der Waals surface area contributed by atoms with Crippen LogP contribution in [0.25, 0.3) is 0 Å². The highest BCUT2D eigenvalue weighted by Crippen LogP contribution is 2.31. The smallest absolute Gasteiger partial charge is 0.248 e. The average molecular weight is 468 g/mol. The number of benzene rings is 2. The maximum absolute atomic E-state index is 13.5. The summed E-state index contributed by atoms with van der Waals surface area (Å²) in [4.78, 5) is 28.1. The van der Waals surface area contributed by atoms with E-state index in [1.54, 1.807) is 48.5 Å². The fourth-order valence-corrected chi connectivity index (χ4v) is 4.24. The highest BCUT2D eigenvalue weighted by molar-refractivity contribution is 6.31. The van der Waals surface area contributed by atoms with E-state index in [0.717, 1.165) is 25.7 Å². The van der Waals surface area contributed by atoms with Crippen LogP contribution in [-0.4, -0.2) is 23.7 Å². The van der Waals surface area contributed by atoms with E-state index in [1.807, 2.05) is 0 Å². The number of carbonyl (C=O) groups is 2. The number of hydrogen-bond donors (Lipinski definition) is 1. The summed E-state index contributed by atoms with van der Waals surface area (Å²) in [6.45, 7) is 0. The Balaban J connectivity index is 2.00. The van der Waals surface area contributed by atoms with Gasteiger partial charge in [0.15, 0.2) is 0 Å². The number of anilines is 1. The Hall–Kier alpha value is -1.75. The second kappa shape index (κ2) is 11.0. The van der Waals surface area contributed by atoms with Crippen LogP contribution in [0.2, 0.25) is 10.0 Å². The third kappa shape index (κ3) is 5.90. The second-order valence-corrected chi connectivity index (χ2v) is 8.73. The molecule has 0 aromatic heterocycles. The summed E-state index contributed by atoms with van der Waals surface area (Å²) in [5.74, 6) is -0.270. The summed E-state index contributed by atoms with van der Waals surface area (Å²) in [5, 5.41) is 4.28. The number of hydrogen-bond acceptors (Lipinski definition) is 2. The van der Waals surface area contributed by atoms with E-state index in [1.165, 1.54) is 11.3 Å². The van der Waals surface area contributed by atoms with Crippen LogP contribution in [-0.2, 0) is 9.59 Å². The van der Waals surface area contributed by atoms with Gasteiger partial charge in [-0.05, 0) is 54.8 Å². The molecule has 4 nitrogen and oxygen atoms in total. The summed E-state index contributed by atoms with van der Waals surface area (Å²) in [7, 11) is 0. The molecule has 2 amide bonds. The zero-order valence-electron chi connectivity index (χ0n) is 16.6. The van der Waals surface area contributed by atoms with Crippen molar-refractivity contribution in [3.05, 3.63) is 64.1 Å². The van der Waals surface area contributed by atoms with Gasteiger partial charge in [-0.1, -0.05) is 54.6 Å². The SMILES string of the molecule is O=C(NC1CCCCC1)[C@@H](c1ccc(Cl)cc1)N(C(=O)CCCl)c1ccc(Cl)cc1. The molecular weight excluding hydrogens is 443 g/mol. The van der Waals surface area contributed by atoms with Gasteiger partial charge >= 0.3 is 0 Å². The Morgan fingerprint density at radius 1 is 0.933 bits per heavy atom. The molecule has 30 heavy (non-hydrogen) atoms. The first kappa shape index (κ1) is 22.9. The fourth-order valence-electron chi connectivity index (χ4n) is 3.83. The van der Waals surface area contributed by atoms with Gasteiger partial charge in [0.05, 0.1) is 0 Å². The summed E-state index contributed by atoms with van der Waals surface area (Å²) >= 11 is 18.0. The topological polar surface area (TPSA) is 49.4 Å². The molecule has 0 unspecified atom stereocenters. The van der Waals surface area contributed by atoms with Crippen molar-refractivity contribution in [3.8, 4) is 0 Å². The van der Waals surface area contributed by atoms with Crippen molar-refractivity contribution in [1.29, 1.82) is 0 Å². The predicted octanol–water partition coefficient (Wildman–Crippen LogP) is 6.15. The van der Waals surface area contributed by atoms with Crippen LogP contribution in [0.5, 0.6) is 0 Å². The van der Waals surface area contributed by atoms with Crippen molar-refractivity contribution >= 4 is 52.3 Å². The number of halogens is 3. The normalized spacial score (nSPS) is 15.4. The molecule has 2 aromatic rings. The fraction of sp³-hybridized carbons (Fsp3) is 0.391. The first-order valence-electron chi connectivity index (χ1n) is 10.2. The second-order valence-electron chi connectivity index (χ2n) is 7.48. The first-order valence-corrected chi connectivity index (χ1v) is 11.5. The van der Waals surface area contributed by atoms with Crippen molar-refractivity contribution < 1.29 is 9.59 Å². The Morgan fingerprint density at radius 2 is 1.50 bits per heavy atom. The summed E-state index contributed by atoms with van der Waals surface area (Å²) in [6.07, 6.45) is 5.42. The van der Waals surface area contributed by atoms with Crippen LogP contribution in [0.1, 0.15) is 50.1 Å². The minimum atomic E-state index is -0.832. The minimum absolute atomic E-state index is 0.116. The number of amides is 2. The van der Waals surface area contributed by atoms with Gasteiger partial charge in [0.25, 0.3) is 0 Å². The van der Waals surface area contributed by atoms with Crippen LogP contribution in [0, 0.1) is 0 Å². The molecule has 0 saturated heterocycles. The van der Waals surface area contributed by atoms with Crippen LogP contribution >= 0.6 is 34.8 Å². The lowest BCUT2D eigenvalue weighted by Crippen LogP contribution is -2.47. The molecule has 1 aliphatic carbocycles. The predicted molar refractivity (Wildman–Crippen MR) is 123 cm³/mol. The van der Waals surface area contributed by atoms with E-state index in [4.69, 9.17) is 34.8 Å². The van der Waals surface area contributed by atoms with E-state index >= 15 is 0 Å². The Labute approximate surface area is 192 Å². The average Bonchev–Trinajstić information content (AvgIpc) is 2.74. The number of alkyl halides is 1. The zero-order valence-corrected chi connectivity index (χ0v) is 18.9. The number of carbonyl (C=O) groups excluding carboxylic acids is 2. The van der Waals surface area contributed by atoms with Gasteiger partial charge in [0.2, 0.25) is 11.8 Å². The van der Waals surface area contributed by atoms with Gasteiger partial charge in [-0.25, -0.2) is 0 Å². The third-order valence-corrected chi connectivity index (χ3v) is 6.02. The highest BCUT2D eigenvalue weighted by atomic mass is 35.5. The molecule has 1 fully saturated rings. The molecule has 0 radical (unpaired) electrons. The molecule has 0 heterocycles. The first-order chi connectivity index (χ1) is 14.5. The largest absolute Gasteiger partial charge is 0.351 e. The molecule has 7 heteroatoms. The van der Waals surface area contributed by atoms with Crippen molar-refractivity contribution in [2.45, 2.75) is 50.6 Å². The van der Waals surface area contributed by atoms with Crippen molar-refractivity contribution in [3.63, 3.8) is 0 Å². The van der Waals surface area contributed by atoms with Gasteiger partial charge in [0.1, 0.15) is 6.04 Å². The zero-order chi connectivity index (χ0) is 21.5. The molecule has 1 aliphatic rings. The van der Waals surface area contributed by atoms with Gasteiger partial charge < -0.3 is 5.32 Å². The molecular formula is C23H25Cl3N2O2. The maximum atomic E-state index is 13.5. The molecule has 2 aromatic carbocycles. The monoisotopic (exact) mass is 466 g/mol. The van der Waals surface area contributed by atoms with E-state index in [-0.39, 0.29) is 30.2 Å². The molecule has 160 valence electrons. The lowest BCUT2D eigenvalue weighted by molar-refractivity contribution is -0.127. The number of nitrogens with zero attached hydrogens (tertiary/aromatic N) is 1. The molecule has 1 atom stereocenters. The van der Waals surface area contributed by atoms with Crippen LogP contribution in [0.3, 0.4) is 0 Å². The van der Waals surface area contributed by atoms with E-state index in [2.05, 4.69) is 5.32 Å². The van der Waals surface area contributed by atoms with Crippen molar-refractivity contribution in [2.24, 2.45) is 0 Å². The van der Waals surface area contributed by atoms with Gasteiger partial charge in [-0.15, -0.1) is 11.6 Å². The van der Waals surface area contributed by atoms with E-state index in [0.29, 0.717) is 21.3 Å². The van der Waals surface area contributed by atoms with Crippen LogP contribution < -0.4 is 10.2 Å². The third-order valence-electron chi connectivity index (χ3n) is 5.33. The lowest BCUT2D eigenvalue weighted by Gasteiger charge is -2.33. The minimum Gasteiger partial charge on any atom is -0.351 e. The highest BCUT2D eigenvalue weighted by Gasteiger charge is 2.33. The Morgan fingerprint density at radius 3 is 2.07 bits per heavy atom. The van der Waals surface area contributed by atoms with Crippen LogP contribution in [0.15, 0.2) is 48.5 Å². The standard InChI is InChI=1S/C23H25Cl3N2O2/c24-15-14-21(29)28(20-12-10-18(26)11-13-20)22(16-6-8-17(25)9-7-16)23(30)27-19-4-2-1-3-5-19/h6-13,19,22H,1-5,14-15H2,(H,27,30)/t22-/m1/s1. The lowest BCUT2D eigenvalue weighted by atomic mass is 9.94. The van der Waals surface area contributed by atoms with Gasteiger partial charge in [-0.3, -0.25) is 14.5 Å². The quantitative estimate of drug-likeness (QED) is 0.497. The molecule has 1 saturated carbocycles. The summed E-state index contributed by atoms with van der Waals surface area (Å²) in [5.41, 5.74) is 1.28. The van der Waals surface area contributed by atoms with E-state index in [9.17, 15) is 9.59 Å². The Bertz CT molecular complexity index is 850. The number of rotatable bonds is 7. The maximum Gasteiger partial charge on any atom is 0.248 e. The molecule has 1 N–H and O–H groups in total. The molecule has 0 spiro atoms. The van der Waals surface area contributed by atoms with Crippen LogP contribution in [0.4, 0.5) is 5.69 Å². The molecule has 3 rings (SSSR count). The summed E-state index contributed by atoms with van der Waals surface area (Å²) < 4.78 is 0. The Kier molecular flexibility index (Phi) is 8.43. The molecule has 0 aliphatic heterocycles. The summed E-state index contributed by atoms with van der Waals surface area (Å²) in [6, 6.07) is 13.2. The number of nitrogens with one attached hydrogen (secondary N) is 1. The van der Waals surface area contributed by atoms with Crippen molar-refractivity contribution in [1.82, 2.24) is 5.32 Å². The van der Waals surface area contributed by atoms with Gasteiger partial charge in [-0.2, -0.15) is 0 Å². The van der Waals surface area contributed by atoms with Crippen molar-refractivity contribution in [2.75, 3.05) is 10.8 Å². The van der Waals surface area contributed by atoms with E-state index < -0.39 is 6.04 Å².